The van der Waals surface area contributed by atoms with Crippen molar-refractivity contribution in [3.63, 3.8) is 0 Å². The maximum Gasteiger partial charge on any atom is 0.410 e. The van der Waals surface area contributed by atoms with Gasteiger partial charge in [-0.15, -0.1) is 0 Å². The summed E-state index contributed by atoms with van der Waals surface area (Å²) in [5.41, 5.74) is 0.188. The van der Waals surface area contributed by atoms with Crippen molar-refractivity contribution in [2.24, 2.45) is 10.9 Å². The highest BCUT2D eigenvalue weighted by atomic mass is 79.9. The average Bonchev–Trinajstić information content (AvgIpc) is 2.86. The van der Waals surface area contributed by atoms with Gasteiger partial charge in [0.05, 0.1) is 4.47 Å². The molecular formula is C13H11BrF2N2O3S. The predicted molar refractivity (Wildman–Crippen MR) is 80.8 cm³/mol. The number of nitrogens with zero attached hydrogens (tertiary/aromatic N) is 1. The number of fused-ring (bicyclic) bond motifs is 1. The number of amides is 1. The van der Waals surface area contributed by atoms with Gasteiger partial charge in [0.2, 0.25) is 0 Å². The standard InChI is InChI=1S/C13H11BrF2N2O3S/c14-8-3-7(9(15)4-10(8)16)13-6(1-2-21-13)5-17-11(22-13)18-12(19)20/h3-4,6H,1-2,5H2,(H,17,18)(H,19,20)/t6-,13-/m1/s1. The summed E-state index contributed by atoms with van der Waals surface area (Å²) < 4.78 is 33.7. The number of thioether (sulfide) groups is 1. The van der Waals surface area contributed by atoms with Gasteiger partial charge in [0.1, 0.15) is 11.6 Å². The van der Waals surface area contributed by atoms with E-state index in [1.165, 1.54) is 6.07 Å². The molecular weight excluding hydrogens is 382 g/mol. The predicted octanol–water partition coefficient (Wildman–Crippen LogP) is 3.29. The molecule has 1 aromatic rings. The maximum atomic E-state index is 14.3. The summed E-state index contributed by atoms with van der Waals surface area (Å²) >= 11 is 4.06. The summed E-state index contributed by atoms with van der Waals surface area (Å²) in [7, 11) is 0. The zero-order valence-corrected chi connectivity index (χ0v) is 13.5. The largest absolute Gasteiger partial charge is 0.465 e. The molecule has 1 amide bonds. The minimum Gasteiger partial charge on any atom is -0.465 e. The third-order valence-corrected chi connectivity index (χ3v) is 5.63. The molecule has 2 atom stereocenters. The molecule has 22 heavy (non-hydrogen) atoms. The quantitative estimate of drug-likeness (QED) is 0.719. The minimum atomic E-state index is -1.25. The average molecular weight is 393 g/mol. The molecule has 1 saturated heterocycles. The third-order valence-electron chi connectivity index (χ3n) is 3.62. The van der Waals surface area contributed by atoms with Gasteiger partial charge in [-0.25, -0.2) is 13.6 Å². The van der Waals surface area contributed by atoms with Gasteiger partial charge < -0.3 is 9.84 Å². The molecule has 2 aliphatic rings. The van der Waals surface area contributed by atoms with Gasteiger partial charge in [-0.1, -0.05) is 0 Å². The Morgan fingerprint density at radius 1 is 1.50 bits per heavy atom. The number of carboxylic acid groups (broad SMARTS) is 1. The summed E-state index contributed by atoms with van der Waals surface area (Å²) in [6, 6.07) is 2.14. The lowest BCUT2D eigenvalue weighted by molar-refractivity contribution is 0.0558. The number of halogens is 3. The van der Waals surface area contributed by atoms with E-state index in [9.17, 15) is 13.6 Å². The molecule has 0 aliphatic carbocycles. The number of nitrogens with one attached hydrogen (secondary N) is 1. The molecule has 1 aromatic carbocycles. The summed E-state index contributed by atoms with van der Waals surface area (Å²) in [4.78, 5) is 13.8. The van der Waals surface area contributed by atoms with Gasteiger partial charge in [0, 0.05) is 30.7 Å². The van der Waals surface area contributed by atoms with Crippen molar-refractivity contribution >= 4 is 39.0 Å². The van der Waals surface area contributed by atoms with Gasteiger partial charge in [-0.3, -0.25) is 10.3 Å². The first-order valence-corrected chi connectivity index (χ1v) is 8.05. The molecule has 5 nitrogen and oxygen atoms in total. The molecule has 2 heterocycles. The Hall–Kier alpha value is -1.19. The van der Waals surface area contributed by atoms with E-state index in [0.717, 1.165) is 17.8 Å². The Labute approximate surface area is 137 Å². The minimum absolute atomic E-state index is 0.108. The number of amidine groups is 1. The van der Waals surface area contributed by atoms with E-state index < -0.39 is 22.7 Å². The summed E-state index contributed by atoms with van der Waals surface area (Å²) in [6.45, 7) is 0.721. The van der Waals surface area contributed by atoms with Crippen LogP contribution < -0.4 is 5.32 Å². The van der Waals surface area contributed by atoms with Crippen molar-refractivity contribution in [1.82, 2.24) is 5.32 Å². The van der Waals surface area contributed by atoms with E-state index in [2.05, 4.69) is 26.2 Å². The molecule has 0 radical (unpaired) electrons. The first-order valence-electron chi connectivity index (χ1n) is 6.45. The molecule has 0 unspecified atom stereocenters. The van der Waals surface area contributed by atoms with Crippen LogP contribution in [0.25, 0.3) is 0 Å². The van der Waals surface area contributed by atoms with Gasteiger partial charge in [-0.2, -0.15) is 0 Å². The van der Waals surface area contributed by atoms with Gasteiger partial charge in [0.15, 0.2) is 10.1 Å². The summed E-state index contributed by atoms with van der Waals surface area (Å²) in [6.07, 6.45) is -0.579. The fraction of sp³-hybridized carbons (Fsp3) is 0.385. The topological polar surface area (TPSA) is 70.9 Å². The third kappa shape index (κ3) is 2.61. The Balaban J connectivity index is 2.04. The van der Waals surface area contributed by atoms with Crippen molar-refractivity contribution in [3.8, 4) is 0 Å². The first kappa shape index (κ1) is 15.7. The molecule has 0 spiro atoms. The van der Waals surface area contributed by atoms with Crippen molar-refractivity contribution < 1.29 is 23.4 Å². The van der Waals surface area contributed by atoms with Crippen LogP contribution in [-0.4, -0.2) is 29.5 Å². The van der Waals surface area contributed by atoms with E-state index in [1.54, 1.807) is 0 Å². The molecule has 0 aromatic heterocycles. The molecule has 3 rings (SSSR count). The van der Waals surface area contributed by atoms with Crippen LogP contribution in [0, 0.1) is 17.6 Å². The van der Waals surface area contributed by atoms with Crippen LogP contribution in [-0.2, 0) is 9.67 Å². The highest BCUT2D eigenvalue weighted by molar-refractivity contribution is 9.10. The Kier molecular flexibility index (Phi) is 4.13. The second-order valence-corrected chi connectivity index (χ2v) is 6.98. The van der Waals surface area contributed by atoms with Gasteiger partial charge >= 0.3 is 6.09 Å². The first-order chi connectivity index (χ1) is 10.4. The highest BCUT2D eigenvalue weighted by Gasteiger charge is 2.51. The number of ether oxygens (including phenoxy) is 1. The van der Waals surface area contributed by atoms with Crippen LogP contribution in [0.2, 0.25) is 0 Å². The second kappa shape index (κ2) is 5.78. The summed E-state index contributed by atoms with van der Waals surface area (Å²) in [5, 5.41) is 11.1. The Morgan fingerprint density at radius 3 is 3.00 bits per heavy atom. The van der Waals surface area contributed by atoms with E-state index in [4.69, 9.17) is 9.84 Å². The molecule has 0 bridgehead atoms. The molecule has 2 N–H and O–H groups in total. The van der Waals surface area contributed by atoms with Crippen molar-refractivity contribution in [1.29, 1.82) is 0 Å². The maximum absolute atomic E-state index is 14.3. The van der Waals surface area contributed by atoms with E-state index >= 15 is 0 Å². The van der Waals surface area contributed by atoms with Crippen molar-refractivity contribution in [2.45, 2.75) is 11.4 Å². The second-order valence-electron chi connectivity index (χ2n) is 4.93. The molecule has 1 fully saturated rings. The Bertz CT molecular complexity index is 673. The fourth-order valence-electron chi connectivity index (χ4n) is 2.65. The van der Waals surface area contributed by atoms with Crippen LogP contribution in [0.1, 0.15) is 12.0 Å². The highest BCUT2D eigenvalue weighted by Crippen LogP contribution is 2.53. The number of carbonyl (C=O) groups is 1. The lowest BCUT2D eigenvalue weighted by Crippen LogP contribution is -2.41. The monoisotopic (exact) mass is 392 g/mol. The zero-order chi connectivity index (χ0) is 15.9. The number of aliphatic imine (C=N–C) groups is 1. The lowest BCUT2D eigenvalue weighted by atomic mass is 9.94. The van der Waals surface area contributed by atoms with E-state index in [-0.39, 0.29) is 21.1 Å². The van der Waals surface area contributed by atoms with E-state index in [0.29, 0.717) is 19.6 Å². The van der Waals surface area contributed by atoms with Crippen molar-refractivity contribution in [2.75, 3.05) is 13.2 Å². The smallest absolute Gasteiger partial charge is 0.410 e. The Morgan fingerprint density at radius 2 is 2.27 bits per heavy atom. The lowest BCUT2D eigenvalue weighted by Gasteiger charge is -2.36. The molecule has 9 heteroatoms. The molecule has 118 valence electrons. The van der Waals surface area contributed by atoms with Crippen LogP contribution in [0.4, 0.5) is 13.6 Å². The molecule has 2 aliphatic heterocycles. The summed E-state index contributed by atoms with van der Waals surface area (Å²) in [5.74, 6) is -1.54. The van der Waals surface area contributed by atoms with Crippen LogP contribution in [0.15, 0.2) is 21.6 Å². The van der Waals surface area contributed by atoms with Crippen LogP contribution in [0.5, 0.6) is 0 Å². The van der Waals surface area contributed by atoms with Gasteiger partial charge in [-0.05, 0) is 40.2 Å². The zero-order valence-electron chi connectivity index (χ0n) is 11.1. The van der Waals surface area contributed by atoms with Gasteiger partial charge in [0.25, 0.3) is 0 Å². The van der Waals surface area contributed by atoms with Crippen molar-refractivity contribution in [3.05, 3.63) is 33.8 Å². The van der Waals surface area contributed by atoms with Crippen LogP contribution in [0.3, 0.4) is 0 Å². The number of rotatable bonds is 1. The number of hydrogen-bond acceptors (Lipinski definition) is 4. The molecule has 0 saturated carbocycles. The number of benzene rings is 1. The van der Waals surface area contributed by atoms with E-state index in [1.807, 2.05) is 0 Å². The normalized spacial score (nSPS) is 27.2. The fourth-order valence-corrected chi connectivity index (χ4v) is 4.33. The SMILES string of the molecule is O=C(O)NC1=NC[C@H]2CCO[C@@]2(c2cc(Br)c(F)cc2F)S1. The van der Waals surface area contributed by atoms with Crippen LogP contribution >= 0.6 is 27.7 Å². The number of hydrogen-bond donors (Lipinski definition) is 2.